The van der Waals surface area contributed by atoms with Crippen LogP contribution in [0, 0.1) is 6.92 Å². The molecule has 8 heteroatoms. The highest BCUT2D eigenvalue weighted by Gasteiger charge is 2.23. The van der Waals surface area contributed by atoms with Crippen LogP contribution in [-0.4, -0.2) is 27.8 Å². The van der Waals surface area contributed by atoms with Crippen LogP contribution < -0.4 is 0 Å². The molecule has 0 aliphatic rings. The summed E-state index contributed by atoms with van der Waals surface area (Å²) in [5.41, 5.74) is 0.263. The highest BCUT2D eigenvalue weighted by molar-refractivity contribution is 7.17. The van der Waals surface area contributed by atoms with E-state index in [9.17, 15) is 4.79 Å². The van der Waals surface area contributed by atoms with E-state index >= 15 is 0 Å². The van der Waals surface area contributed by atoms with Crippen molar-refractivity contribution in [2.24, 2.45) is 0 Å². The fraction of sp³-hybridized carbons (Fsp3) is 0.333. The minimum absolute atomic E-state index is 0.161. The number of carbonyl (C=O) groups is 1. The van der Waals surface area contributed by atoms with Crippen molar-refractivity contribution in [3.05, 3.63) is 15.2 Å². The van der Waals surface area contributed by atoms with Gasteiger partial charge in [-0.2, -0.15) is 0 Å². The largest absolute Gasteiger partial charge is 0.462 e. The van der Waals surface area contributed by atoms with Crippen LogP contribution in [0.2, 0.25) is 4.47 Å². The normalized spacial score (nSPS) is 10.5. The van der Waals surface area contributed by atoms with Gasteiger partial charge in [0.1, 0.15) is 4.88 Å². The van der Waals surface area contributed by atoms with Crippen molar-refractivity contribution in [3.8, 4) is 11.6 Å². The molecule has 2 aromatic rings. The van der Waals surface area contributed by atoms with Crippen molar-refractivity contribution >= 4 is 28.9 Å². The molecule has 2 rings (SSSR count). The molecule has 90 valence electrons. The molecule has 2 aromatic heterocycles. The summed E-state index contributed by atoms with van der Waals surface area (Å²) >= 11 is 6.79. The van der Waals surface area contributed by atoms with E-state index in [4.69, 9.17) is 20.8 Å². The molecule has 2 heterocycles. The number of aromatic nitrogens is 3. The number of esters is 1. The highest BCUT2D eigenvalue weighted by atomic mass is 35.5. The summed E-state index contributed by atoms with van der Waals surface area (Å²) in [7, 11) is 0. The predicted molar refractivity (Wildman–Crippen MR) is 61.1 cm³/mol. The van der Waals surface area contributed by atoms with E-state index in [-0.39, 0.29) is 27.5 Å². The Morgan fingerprint density at radius 2 is 2.29 bits per heavy atom. The van der Waals surface area contributed by atoms with Crippen LogP contribution in [0.5, 0.6) is 0 Å². The van der Waals surface area contributed by atoms with Crippen LogP contribution in [0.15, 0.2) is 4.42 Å². The molecule has 0 radical (unpaired) electrons. The summed E-state index contributed by atoms with van der Waals surface area (Å²) in [6.07, 6.45) is 0. The Labute approximate surface area is 106 Å². The van der Waals surface area contributed by atoms with Crippen LogP contribution in [0.1, 0.15) is 22.5 Å². The standard InChI is InChI=1S/C9H8ClN3O3S/c1-3-15-8(14)6-5(11-9(10)17-6)7-13-12-4(2)16-7/h3H2,1-2H3. The number of ether oxygens (including phenoxy) is 1. The molecular weight excluding hydrogens is 266 g/mol. The van der Waals surface area contributed by atoms with E-state index in [0.717, 1.165) is 11.3 Å². The fourth-order valence-corrected chi connectivity index (χ4v) is 2.16. The summed E-state index contributed by atoms with van der Waals surface area (Å²) in [6, 6.07) is 0. The van der Waals surface area contributed by atoms with Gasteiger partial charge in [0.2, 0.25) is 5.89 Å². The fourth-order valence-electron chi connectivity index (χ4n) is 1.17. The van der Waals surface area contributed by atoms with E-state index in [1.165, 1.54) is 0 Å². The Bertz CT molecular complexity index is 551. The third kappa shape index (κ3) is 2.45. The molecule has 0 aromatic carbocycles. The van der Waals surface area contributed by atoms with Crippen LogP contribution in [0.3, 0.4) is 0 Å². The zero-order valence-corrected chi connectivity index (χ0v) is 10.6. The van der Waals surface area contributed by atoms with Gasteiger partial charge in [0, 0.05) is 6.92 Å². The third-order valence-electron chi connectivity index (χ3n) is 1.79. The molecule has 0 fully saturated rings. The van der Waals surface area contributed by atoms with Crippen LogP contribution in [0.4, 0.5) is 0 Å². The lowest BCUT2D eigenvalue weighted by molar-refractivity contribution is 0.0532. The molecular formula is C9H8ClN3O3S. The number of carbonyl (C=O) groups excluding carboxylic acids is 1. The molecule has 0 atom stereocenters. The van der Waals surface area contributed by atoms with Gasteiger partial charge in [-0.15, -0.1) is 10.2 Å². The van der Waals surface area contributed by atoms with Crippen molar-refractivity contribution in [2.75, 3.05) is 6.61 Å². The second kappa shape index (κ2) is 4.80. The van der Waals surface area contributed by atoms with E-state index in [2.05, 4.69) is 15.2 Å². The highest BCUT2D eigenvalue weighted by Crippen LogP contribution is 2.30. The van der Waals surface area contributed by atoms with Gasteiger partial charge in [0.05, 0.1) is 6.61 Å². The molecule has 6 nitrogen and oxygen atoms in total. The van der Waals surface area contributed by atoms with Gasteiger partial charge in [-0.3, -0.25) is 0 Å². The molecule has 0 aliphatic carbocycles. The first-order valence-corrected chi connectivity index (χ1v) is 5.95. The van der Waals surface area contributed by atoms with E-state index in [1.807, 2.05) is 0 Å². The van der Waals surface area contributed by atoms with Crippen molar-refractivity contribution in [3.63, 3.8) is 0 Å². The summed E-state index contributed by atoms with van der Waals surface area (Å²) in [4.78, 5) is 15.9. The van der Waals surface area contributed by atoms with Gasteiger partial charge in [0.15, 0.2) is 10.2 Å². The maximum atomic E-state index is 11.7. The van der Waals surface area contributed by atoms with Gasteiger partial charge >= 0.3 is 5.97 Å². The lowest BCUT2D eigenvalue weighted by Crippen LogP contribution is -2.04. The zero-order chi connectivity index (χ0) is 12.4. The predicted octanol–water partition coefficient (Wildman–Crippen LogP) is 2.33. The quantitative estimate of drug-likeness (QED) is 0.799. The van der Waals surface area contributed by atoms with E-state index in [0.29, 0.717) is 5.89 Å². The maximum absolute atomic E-state index is 11.7. The first kappa shape index (κ1) is 12.0. The number of hydrogen-bond donors (Lipinski definition) is 0. The molecule has 0 spiro atoms. The molecule has 0 saturated carbocycles. The molecule has 0 N–H and O–H groups in total. The van der Waals surface area contributed by atoms with E-state index in [1.54, 1.807) is 13.8 Å². The maximum Gasteiger partial charge on any atom is 0.350 e. The van der Waals surface area contributed by atoms with Gasteiger partial charge < -0.3 is 9.15 Å². The van der Waals surface area contributed by atoms with Crippen LogP contribution >= 0.6 is 22.9 Å². The molecule has 17 heavy (non-hydrogen) atoms. The summed E-state index contributed by atoms with van der Waals surface area (Å²) in [6.45, 7) is 3.64. The Morgan fingerprint density at radius 3 is 2.88 bits per heavy atom. The lowest BCUT2D eigenvalue weighted by atomic mass is 10.3. The van der Waals surface area contributed by atoms with Crippen molar-refractivity contribution in [1.82, 2.24) is 15.2 Å². The average molecular weight is 274 g/mol. The Balaban J connectivity index is 2.43. The summed E-state index contributed by atoms with van der Waals surface area (Å²) in [5.74, 6) is 0.0513. The second-order valence-electron chi connectivity index (χ2n) is 2.99. The number of rotatable bonds is 3. The van der Waals surface area contributed by atoms with Crippen molar-refractivity contribution in [2.45, 2.75) is 13.8 Å². The van der Waals surface area contributed by atoms with Gasteiger partial charge in [0.25, 0.3) is 5.89 Å². The number of halogens is 1. The smallest absolute Gasteiger partial charge is 0.350 e. The number of hydrogen-bond acceptors (Lipinski definition) is 7. The minimum Gasteiger partial charge on any atom is -0.462 e. The average Bonchev–Trinajstić information content (AvgIpc) is 2.84. The third-order valence-corrected chi connectivity index (χ3v) is 2.93. The van der Waals surface area contributed by atoms with Gasteiger partial charge in [-0.25, -0.2) is 9.78 Å². The van der Waals surface area contributed by atoms with Crippen molar-refractivity contribution in [1.29, 1.82) is 0 Å². The Hall–Kier alpha value is -1.47. The molecule has 0 saturated heterocycles. The van der Waals surface area contributed by atoms with Gasteiger partial charge in [-0.1, -0.05) is 22.9 Å². The molecule has 0 bridgehead atoms. The Kier molecular flexibility index (Phi) is 3.39. The first-order valence-electron chi connectivity index (χ1n) is 4.75. The molecule has 0 amide bonds. The number of nitrogens with zero attached hydrogens (tertiary/aromatic N) is 3. The van der Waals surface area contributed by atoms with Crippen LogP contribution in [-0.2, 0) is 4.74 Å². The van der Waals surface area contributed by atoms with E-state index < -0.39 is 5.97 Å². The van der Waals surface area contributed by atoms with Crippen molar-refractivity contribution < 1.29 is 13.9 Å². The molecule has 0 unspecified atom stereocenters. The Morgan fingerprint density at radius 1 is 1.53 bits per heavy atom. The lowest BCUT2D eigenvalue weighted by Gasteiger charge is -1.98. The summed E-state index contributed by atoms with van der Waals surface area (Å²) < 4.78 is 10.3. The molecule has 0 aliphatic heterocycles. The first-order chi connectivity index (χ1) is 8.11. The summed E-state index contributed by atoms with van der Waals surface area (Å²) in [5, 5.41) is 7.47. The van der Waals surface area contributed by atoms with Gasteiger partial charge in [-0.05, 0) is 6.92 Å². The zero-order valence-electron chi connectivity index (χ0n) is 9.06. The van der Waals surface area contributed by atoms with Crippen LogP contribution in [0.25, 0.3) is 11.6 Å². The number of thiazole rings is 1. The minimum atomic E-state index is -0.497. The SMILES string of the molecule is CCOC(=O)c1sc(Cl)nc1-c1nnc(C)o1. The number of aryl methyl sites for hydroxylation is 1. The second-order valence-corrected chi connectivity index (χ2v) is 4.57. The topological polar surface area (TPSA) is 78.1 Å². The monoisotopic (exact) mass is 273 g/mol.